The summed E-state index contributed by atoms with van der Waals surface area (Å²) in [5.74, 6) is 0. The van der Waals surface area contributed by atoms with Gasteiger partial charge in [0.1, 0.15) is 0 Å². The van der Waals surface area contributed by atoms with Crippen LogP contribution in [0, 0.1) is 0 Å². The molecule has 0 nitrogen and oxygen atoms in total. The molecule has 0 amide bonds. The lowest BCUT2D eigenvalue weighted by Gasteiger charge is -2.13. The first-order chi connectivity index (χ1) is 3.55. The van der Waals surface area contributed by atoms with Crippen molar-refractivity contribution in [3.05, 3.63) is 0 Å². The van der Waals surface area contributed by atoms with Crippen LogP contribution in [0.25, 0.3) is 0 Å². The summed E-state index contributed by atoms with van der Waals surface area (Å²) in [6.07, 6.45) is 0. The molecule has 0 N–H and O–H groups in total. The topological polar surface area (TPSA) is 0 Å². The van der Waals surface area contributed by atoms with Crippen molar-refractivity contribution in [1.29, 1.82) is 0 Å². The van der Waals surface area contributed by atoms with Crippen molar-refractivity contribution in [3.8, 4) is 0 Å². The zero-order valence-electron chi connectivity index (χ0n) is 4.87. The summed E-state index contributed by atoms with van der Waals surface area (Å²) in [4.78, 5) is 1.57. The zero-order valence-corrected chi connectivity index (χ0v) is 9.62. The first-order valence-electron chi connectivity index (χ1n) is 2.48. The molecule has 8 heavy (non-hydrogen) atoms. The number of hydrogen-bond donors (Lipinski definition) is 0. The molecule has 0 saturated carbocycles. The molecule has 0 aliphatic carbocycles. The smallest absolute Gasteiger partial charge is 0.0390 e. The molecular formula is C5H9Br3. The van der Waals surface area contributed by atoms with Crippen LogP contribution in [0.15, 0.2) is 0 Å². The molecule has 3 heteroatoms. The number of rotatable bonds is 2. The van der Waals surface area contributed by atoms with Gasteiger partial charge < -0.3 is 0 Å². The average Bonchev–Trinajstić information content (AvgIpc) is 1.64. The van der Waals surface area contributed by atoms with Crippen molar-refractivity contribution in [2.24, 2.45) is 0 Å². The van der Waals surface area contributed by atoms with Gasteiger partial charge in [0.15, 0.2) is 0 Å². The van der Waals surface area contributed by atoms with Gasteiger partial charge in [0, 0.05) is 14.5 Å². The van der Waals surface area contributed by atoms with E-state index in [1.165, 1.54) is 0 Å². The van der Waals surface area contributed by atoms with E-state index in [2.05, 4.69) is 61.6 Å². The predicted octanol–water partition coefficient (Wildman–Crippen LogP) is 3.32. The standard InChI is InChI=1S/C5H9Br3/c1-3(6)5(8)4(2)7/h3-5H,1-2H3/t3-,4-/m0/s1. The zero-order chi connectivity index (χ0) is 6.73. The summed E-state index contributed by atoms with van der Waals surface area (Å²) in [7, 11) is 0. The summed E-state index contributed by atoms with van der Waals surface area (Å²) >= 11 is 10.4. The second kappa shape index (κ2) is 4.29. The van der Waals surface area contributed by atoms with Crippen LogP contribution in [0.3, 0.4) is 0 Å². The molecule has 0 heterocycles. The number of hydrogen-bond acceptors (Lipinski definition) is 0. The fourth-order valence-electron chi connectivity index (χ4n) is 0.365. The molecule has 0 aromatic carbocycles. The molecule has 0 aliphatic rings. The van der Waals surface area contributed by atoms with Crippen LogP contribution in [-0.2, 0) is 0 Å². The van der Waals surface area contributed by atoms with Crippen LogP contribution in [0.2, 0.25) is 0 Å². The Hall–Kier alpha value is 1.44. The third-order valence-electron chi connectivity index (χ3n) is 0.878. The van der Waals surface area contributed by atoms with Crippen molar-refractivity contribution in [2.75, 3.05) is 0 Å². The summed E-state index contributed by atoms with van der Waals surface area (Å²) < 4.78 is 0. The maximum absolute atomic E-state index is 3.51. The largest absolute Gasteiger partial charge is 0.0881 e. The molecular weight excluding hydrogens is 300 g/mol. The Bertz CT molecular complexity index is 52.7. The van der Waals surface area contributed by atoms with Crippen molar-refractivity contribution in [1.82, 2.24) is 0 Å². The van der Waals surface area contributed by atoms with Crippen LogP contribution in [0.1, 0.15) is 13.8 Å². The maximum atomic E-state index is 3.51. The van der Waals surface area contributed by atoms with Crippen LogP contribution in [0.4, 0.5) is 0 Å². The van der Waals surface area contributed by atoms with E-state index in [0.29, 0.717) is 14.5 Å². The fourth-order valence-corrected chi connectivity index (χ4v) is 1.69. The molecule has 0 unspecified atom stereocenters. The Labute approximate surface area is 75.8 Å². The fraction of sp³-hybridized carbons (Fsp3) is 1.00. The highest BCUT2D eigenvalue weighted by molar-refractivity contribution is 9.13. The summed E-state index contributed by atoms with van der Waals surface area (Å²) in [5.41, 5.74) is 0. The van der Waals surface area contributed by atoms with Crippen molar-refractivity contribution in [2.45, 2.75) is 28.3 Å². The molecule has 0 aromatic heterocycles. The van der Waals surface area contributed by atoms with Crippen molar-refractivity contribution >= 4 is 47.8 Å². The summed E-state index contributed by atoms with van der Waals surface area (Å²) in [5, 5.41) is 0. The third-order valence-corrected chi connectivity index (χ3v) is 5.02. The second-order valence-corrected chi connectivity index (χ2v) is 5.75. The van der Waals surface area contributed by atoms with Gasteiger partial charge in [-0.3, -0.25) is 0 Å². The van der Waals surface area contributed by atoms with Gasteiger partial charge in [-0.2, -0.15) is 0 Å². The van der Waals surface area contributed by atoms with E-state index >= 15 is 0 Å². The minimum Gasteiger partial charge on any atom is -0.0881 e. The highest BCUT2D eigenvalue weighted by atomic mass is 79.9. The monoisotopic (exact) mass is 306 g/mol. The average molecular weight is 309 g/mol. The van der Waals surface area contributed by atoms with Crippen LogP contribution < -0.4 is 0 Å². The van der Waals surface area contributed by atoms with Crippen LogP contribution >= 0.6 is 47.8 Å². The Kier molecular flexibility index (Phi) is 5.06. The Morgan fingerprint density at radius 1 is 0.875 bits per heavy atom. The normalized spacial score (nSPS) is 18.8. The van der Waals surface area contributed by atoms with Gasteiger partial charge in [0.2, 0.25) is 0 Å². The van der Waals surface area contributed by atoms with Crippen LogP contribution in [-0.4, -0.2) is 14.5 Å². The first kappa shape index (κ1) is 9.44. The van der Waals surface area contributed by atoms with Gasteiger partial charge in [0.25, 0.3) is 0 Å². The van der Waals surface area contributed by atoms with Gasteiger partial charge in [0.05, 0.1) is 0 Å². The molecule has 0 bridgehead atoms. The highest BCUT2D eigenvalue weighted by Crippen LogP contribution is 2.21. The lowest BCUT2D eigenvalue weighted by Crippen LogP contribution is -2.18. The van der Waals surface area contributed by atoms with Crippen LogP contribution in [0.5, 0.6) is 0 Å². The maximum Gasteiger partial charge on any atom is 0.0390 e. The molecule has 2 atom stereocenters. The van der Waals surface area contributed by atoms with E-state index in [1.54, 1.807) is 0 Å². The van der Waals surface area contributed by atoms with E-state index in [9.17, 15) is 0 Å². The number of halogens is 3. The van der Waals surface area contributed by atoms with Gasteiger partial charge in [-0.25, -0.2) is 0 Å². The molecule has 0 fully saturated rings. The Morgan fingerprint density at radius 2 is 1.12 bits per heavy atom. The predicted molar refractivity (Wildman–Crippen MR) is 49.5 cm³/mol. The van der Waals surface area contributed by atoms with Gasteiger partial charge >= 0.3 is 0 Å². The minimum atomic E-state index is 0.516. The molecule has 0 spiro atoms. The lowest BCUT2D eigenvalue weighted by molar-refractivity contribution is 0.858. The van der Waals surface area contributed by atoms with Gasteiger partial charge in [-0.15, -0.1) is 0 Å². The SMILES string of the molecule is C[C@H](Br)C(Br)[C@H](C)Br. The molecule has 0 saturated heterocycles. The third kappa shape index (κ3) is 3.46. The van der Waals surface area contributed by atoms with E-state index in [1.807, 2.05) is 0 Å². The minimum absolute atomic E-state index is 0.516. The first-order valence-corrected chi connectivity index (χ1v) is 5.22. The summed E-state index contributed by atoms with van der Waals surface area (Å²) in [6.45, 7) is 4.24. The van der Waals surface area contributed by atoms with Crippen molar-refractivity contribution in [3.63, 3.8) is 0 Å². The van der Waals surface area contributed by atoms with Gasteiger partial charge in [-0.1, -0.05) is 61.6 Å². The Morgan fingerprint density at radius 3 is 1.12 bits per heavy atom. The van der Waals surface area contributed by atoms with Crippen molar-refractivity contribution < 1.29 is 0 Å². The van der Waals surface area contributed by atoms with E-state index in [0.717, 1.165) is 0 Å². The molecule has 0 rings (SSSR count). The quantitative estimate of drug-likeness (QED) is 0.687. The van der Waals surface area contributed by atoms with Gasteiger partial charge in [-0.05, 0) is 0 Å². The summed E-state index contributed by atoms with van der Waals surface area (Å²) in [6, 6.07) is 0. The molecule has 0 aromatic rings. The molecule has 0 radical (unpaired) electrons. The number of alkyl halides is 3. The Balaban J connectivity index is 3.46. The highest BCUT2D eigenvalue weighted by Gasteiger charge is 2.14. The molecule has 50 valence electrons. The van der Waals surface area contributed by atoms with E-state index < -0.39 is 0 Å². The van der Waals surface area contributed by atoms with E-state index in [-0.39, 0.29) is 0 Å². The molecule has 0 aliphatic heterocycles. The second-order valence-electron chi connectivity index (χ2n) is 1.80. The van der Waals surface area contributed by atoms with E-state index in [4.69, 9.17) is 0 Å². The lowest BCUT2D eigenvalue weighted by atomic mass is 10.3.